The third-order valence-electron chi connectivity index (χ3n) is 3.81. The summed E-state index contributed by atoms with van der Waals surface area (Å²) in [6.07, 6.45) is 2.16. The quantitative estimate of drug-likeness (QED) is 0.775. The Kier molecular flexibility index (Phi) is 3.67. The third kappa shape index (κ3) is 3.03. The number of rotatable bonds is 4. The Balaban J connectivity index is 1.78. The lowest BCUT2D eigenvalue weighted by atomic mass is 10.1. The van der Waals surface area contributed by atoms with Crippen LogP contribution in [-0.2, 0) is 0 Å². The average Bonchev–Trinajstić information content (AvgIpc) is 3.30. The first-order valence-electron chi connectivity index (χ1n) is 7.74. The number of amides is 1. The number of thiazole rings is 1. The van der Waals surface area contributed by atoms with Gasteiger partial charge in [-0.15, -0.1) is 11.3 Å². The third-order valence-corrected chi connectivity index (χ3v) is 4.92. The van der Waals surface area contributed by atoms with Gasteiger partial charge in [0.15, 0.2) is 0 Å². The first-order chi connectivity index (χ1) is 11.3. The first-order valence-corrected chi connectivity index (χ1v) is 8.55. The molecule has 4 rings (SSSR count). The summed E-state index contributed by atoms with van der Waals surface area (Å²) in [5.74, 6) is -0.00830. The van der Waals surface area contributed by atoms with E-state index in [0.717, 1.165) is 34.7 Å². The summed E-state index contributed by atoms with van der Waals surface area (Å²) in [4.78, 5) is 18.0. The number of carbonyl (C=O) groups excluding carboxylic acids is 1. The zero-order chi connectivity index (χ0) is 15.6. The van der Waals surface area contributed by atoms with Gasteiger partial charge in [0.1, 0.15) is 9.88 Å². The van der Waals surface area contributed by atoms with Crippen LogP contribution in [0.3, 0.4) is 0 Å². The van der Waals surface area contributed by atoms with Crippen molar-refractivity contribution in [1.82, 2.24) is 10.3 Å². The van der Waals surface area contributed by atoms with Crippen molar-refractivity contribution in [2.75, 3.05) is 0 Å². The van der Waals surface area contributed by atoms with E-state index in [-0.39, 0.29) is 5.91 Å². The van der Waals surface area contributed by atoms with Gasteiger partial charge in [0.25, 0.3) is 5.91 Å². The van der Waals surface area contributed by atoms with Crippen LogP contribution in [-0.4, -0.2) is 16.9 Å². The van der Waals surface area contributed by atoms with Gasteiger partial charge in [-0.3, -0.25) is 4.79 Å². The summed E-state index contributed by atoms with van der Waals surface area (Å²) in [5.41, 5.74) is 2.79. The number of carbonyl (C=O) groups is 1. The number of nitrogens with one attached hydrogen (secondary N) is 1. The van der Waals surface area contributed by atoms with E-state index in [9.17, 15) is 4.79 Å². The van der Waals surface area contributed by atoms with Gasteiger partial charge in [-0.1, -0.05) is 60.7 Å². The van der Waals surface area contributed by atoms with Crippen molar-refractivity contribution in [3.8, 4) is 21.8 Å². The molecular formula is C19H16N2OS. The summed E-state index contributed by atoms with van der Waals surface area (Å²) >= 11 is 1.46. The molecule has 1 saturated carbocycles. The van der Waals surface area contributed by atoms with Crippen molar-refractivity contribution in [2.24, 2.45) is 0 Å². The summed E-state index contributed by atoms with van der Waals surface area (Å²) in [7, 11) is 0. The van der Waals surface area contributed by atoms with Crippen molar-refractivity contribution in [1.29, 1.82) is 0 Å². The van der Waals surface area contributed by atoms with E-state index in [1.165, 1.54) is 11.3 Å². The molecule has 0 spiro atoms. The molecule has 0 unspecified atom stereocenters. The number of aromatic nitrogens is 1. The van der Waals surface area contributed by atoms with Crippen molar-refractivity contribution in [3.63, 3.8) is 0 Å². The normalized spacial score (nSPS) is 13.7. The molecule has 0 radical (unpaired) electrons. The predicted octanol–water partition coefficient (Wildman–Crippen LogP) is 4.37. The fourth-order valence-corrected chi connectivity index (χ4v) is 3.44. The second-order valence-corrected chi connectivity index (χ2v) is 6.68. The fourth-order valence-electron chi connectivity index (χ4n) is 2.45. The molecule has 1 heterocycles. The fraction of sp³-hybridized carbons (Fsp3) is 0.158. The highest BCUT2D eigenvalue weighted by Crippen LogP contribution is 2.34. The summed E-state index contributed by atoms with van der Waals surface area (Å²) in [6.45, 7) is 0. The Morgan fingerprint density at radius 2 is 1.57 bits per heavy atom. The molecule has 1 aromatic heterocycles. The minimum Gasteiger partial charge on any atom is -0.349 e. The SMILES string of the molecule is O=C(NC1CC1)c1sc(-c2ccccc2)nc1-c1ccccc1. The highest BCUT2D eigenvalue weighted by molar-refractivity contribution is 7.17. The van der Waals surface area contributed by atoms with E-state index in [1.54, 1.807) is 0 Å². The molecule has 1 N–H and O–H groups in total. The highest BCUT2D eigenvalue weighted by Gasteiger charge is 2.27. The smallest absolute Gasteiger partial charge is 0.263 e. The van der Waals surface area contributed by atoms with Crippen LogP contribution in [0.1, 0.15) is 22.5 Å². The Bertz CT molecular complexity index is 823. The van der Waals surface area contributed by atoms with Crippen LogP contribution < -0.4 is 5.32 Å². The maximum absolute atomic E-state index is 12.6. The van der Waals surface area contributed by atoms with Gasteiger partial charge < -0.3 is 5.32 Å². The first kappa shape index (κ1) is 14.2. The van der Waals surface area contributed by atoms with Crippen LogP contribution in [0.4, 0.5) is 0 Å². The lowest BCUT2D eigenvalue weighted by molar-refractivity contribution is 0.0955. The molecule has 4 heteroatoms. The minimum absolute atomic E-state index is 0.00830. The molecule has 1 aliphatic rings. The second-order valence-electron chi connectivity index (χ2n) is 5.68. The van der Waals surface area contributed by atoms with Gasteiger partial charge in [-0.25, -0.2) is 4.98 Å². The van der Waals surface area contributed by atoms with Gasteiger partial charge >= 0.3 is 0 Å². The van der Waals surface area contributed by atoms with Gasteiger partial charge in [0.2, 0.25) is 0 Å². The van der Waals surface area contributed by atoms with Crippen LogP contribution in [0.25, 0.3) is 21.8 Å². The van der Waals surface area contributed by atoms with Gasteiger partial charge in [-0.05, 0) is 12.8 Å². The summed E-state index contributed by atoms with van der Waals surface area (Å²) in [5, 5.41) is 3.96. The van der Waals surface area contributed by atoms with E-state index >= 15 is 0 Å². The van der Waals surface area contributed by atoms with Crippen molar-refractivity contribution in [3.05, 3.63) is 65.5 Å². The number of hydrogen-bond acceptors (Lipinski definition) is 3. The van der Waals surface area contributed by atoms with Crippen LogP contribution in [0, 0.1) is 0 Å². The zero-order valence-electron chi connectivity index (χ0n) is 12.5. The van der Waals surface area contributed by atoms with E-state index in [1.807, 2.05) is 60.7 Å². The Morgan fingerprint density at radius 3 is 2.17 bits per heavy atom. The van der Waals surface area contributed by atoms with E-state index in [0.29, 0.717) is 10.9 Å². The topological polar surface area (TPSA) is 42.0 Å². The molecule has 3 nitrogen and oxygen atoms in total. The van der Waals surface area contributed by atoms with Crippen molar-refractivity contribution < 1.29 is 4.79 Å². The number of hydrogen-bond donors (Lipinski definition) is 1. The van der Waals surface area contributed by atoms with Crippen molar-refractivity contribution in [2.45, 2.75) is 18.9 Å². The molecule has 1 amide bonds. The Morgan fingerprint density at radius 1 is 0.957 bits per heavy atom. The monoisotopic (exact) mass is 320 g/mol. The maximum atomic E-state index is 12.6. The lowest BCUT2D eigenvalue weighted by Crippen LogP contribution is -2.24. The largest absolute Gasteiger partial charge is 0.349 e. The molecule has 1 fully saturated rings. The molecule has 114 valence electrons. The van der Waals surface area contributed by atoms with E-state index in [2.05, 4.69) is 5.32 Å². The van der Waals surface area contributed by atoms with E-state index in [4.69, 9.17) is 4.98 Å². The second kappa shape index (κ2) is 5.97. The molecule has 23 heavy (non-hydrogen) atoms. The molecule has 0 saturated heterocycles. The van der Waals surface area contributed by atoms with Gasteiger partial charge in [0.05, 0.1) is 5.69 Å². The van der Waals surface area contributed by atoms with Crippen LogP contribution in [0.5, 0.6) is 0 Å². The standard InChI is InChI=1S/C19H16N2OS/c22-18(20-15-11-12-15)17-16(13-7-3-1-4-8-13)21-19(23-17)14-9-5-2-6-10-14/h1-10,15H,11-12H2,(H,20,22). The van der Waals surface area contributed by atoms with Crippen LogP contribution in [0.2, 0.25) is 0 Å². The molecule has 2 aromatic carbocycles. The van der Waals surface area contributed by atoms with Crippen LogP contribution >= 0.6 is 11.3 Å². The molecule has 1 aliphatic carbocycles. The maximum Gasteiger partial charge on any atom is 0.263 e. The highest BCUT2D eigenvalue weighted by atomic mass is 32.1. The average molecular weight is 320 g/mol. The number of benzene rings is 2. The van der Waals surface area contributed by atoms with E-state index < -0.39 is 0 Å². The molecule has 0 bridgehead atoms. The predicted molar refractivity (Wildman–Crippen MR) is 93.5 cm³/mol. The van der Waals surface area contributed by atoms with Crippen LogP contribution in [0.15, 0.2) is 60.7 Å². The Hall–Kier alpha value is -2.46. The van der Waals surface area contributed by atoms with Gasteiger partial charge in [0, 0.05) is 17.2 Å². The van der Waals surface area contributed by atoms with Gasteiger partial charge in [-0.2, -0.15) is 0 Å². The summed E-state index contributed by atoms with van der Waals surface area (Å²) in [6, 6.07) is 20.3. The zero-order valence-corrected chi connectivity index (χ0v) is 13.3. The molecular weight excluding hydrogens is 304 g/mol. The minimum atomic E-state index is -0.00830. The molecule has 3 aromatic rings. The number of nitrogens with zero attached hydrogens (tertiary/aromatic N) is 1. The molecule has 0 aliphatic heterocycles. The van der Waals surface area contributed by atoms with Crippen molar-refractivity contribution >= 4 is 17.2 Å². The lowest BCUT2D eigenvalue weighted by Gasteiger charge is -2.03. The molecule has 0 atom stereocenters. The Labute approximate surface area is 139 Å². The summed E-state index contributed by atoms with van der Waals surface area (Å²) < 4.78 is 0.